The van der Waals surface area contributed by atoms with Gasteiger partial charge in [0.1, 0.15) is 6.54 Å². The molecule has 0 aliphatic carbocycles. The van der Waals surface area contributed by atoms with Crippen LogP contribution in [-0.4, -0.2) is 49.4 Å². The van der Waals surface area contributed by atoms with Crippen LogP contribution in [0.1, 0.15) is 29.9 Å². The predicted octanol–water partition coefficient (Wildman–Crippen LogP) is 4.34. The van der Waals surface area contributed by atoms with Gasteiger partial charge in [-0.15, -0.1) is 11.3 Å². The second kappa shape index (κ2) is 8.99. The molecule has 12 heteroatoms. The Labute approximate surface area is 176 Å². The topological polar surface area (TPSA) is 70.6 Å². The van der Waals surface area contributed by atoms with E-state index in [9.17, 15) is 26.4 Å². The van der Waals surface area contributed by atoms with Gasteiger partial charge in [-0.1, -0.05) is 25.4 Å². The molecule has 0 radical (unpaired) electrons. The third-order valence-corrected chi connectivity index (χ3v) is 7.29. The van der Waals surface area contributed by atoms with Crippen LogP contribution >= 0.6 is 22.9 Å². The second-order valence-electron chi connectivity index (χ2n) is 6.01. The maximum absolute atomic E-state index is 13.1. The van der Waals surface area contributed by atoms with Crippen molar-refractivity contribution < 1.29 is 26.4 Å². The van der Waals surface area contributed by atoms with E-state index in [4.69, 9.17) is 11.6 Å². The fourth-order valence-corrected chi connectivity index (χ4v) is 5.04. The van der Waals surface area contributed by atoms with E-state index in [1.807, 2.05) is 0 Å². The predicted molar refractivity (Wildman–Crippen MR) is 106 cm³/mol. The number of rotatable bonds is 7. The Hall–Kier alpha value is -1.69. The lowest BCUT2D eigenvalue weighted by atomic mass is 10.2. The Balaban J connectivity index is 2.54. The van der Waals surface area contributed by atoms with E-state index in [-0.39, 0.29) is 33.7 Å². The number of nitrogens with zero attached hydrogens (tertiary/aromatic N) is 3. The van der Waals surface area contributed by atoms with Crippen molar-refractivity contribution in [3.8, 4) is 0 Å². The average Bonchev–Trinajstić information content (AvgIpc) is 3.05. The monoisotopic (exact) mass is 469 g/mol. The zero-order valence-corrected chi connectivity index (χ0v) is 18.2. The summed E-state index contributed by atoms with van der Waals surface area (Å²) >= 11 is 6.92. The Morgan fingerprint density at radius 1 is 1.24 bits per heavy atom. The van der Waals surface area contributed by atoms with Crippen molar-refractivity contribution in [1.82, 2.24) is 9.29 Å². The first-order chi connectivity index (χ1) is 13.4. The summed E-state index contributed by atoms with van der Waals surface area (Å²) in [6.07, 6.45) is -4.69. The van der Waals surface area contributed by atoms with Gasteiger partial charge in [0.2, 0.25) is 10.0 Å². The number of benzene rings is 1. The van der Waals surface area contributed by atoms with E-state index in [2.05, 4.69) is 4.98 Å². The molecule has 0 saturated heterocycles. The van der Waals surface area contributed by atoms with Crippen molar-refractivity contribution in [2.24, 2.45) is 0 Å². The van der Waals surface area contributed by atoms with Crippen LogP contribution < -0.4 is 4.90 Å². The van der Waals surface area contributed by atoms with Gasteiger partial charge in [0.05, 0.1) is 21.2 Å². The Kier molecular flexibility index (Phi) is 7.31. The third-order valence-electron chi connectivity index (χ3n) is 3.93. The Morgan fingerprint density at radius 3 is 2.34 bits per heavy atom. The van der Waals surface area contributed by atoms with Gasteiger partial charge in [-0.2, -0.15) is 17.5 Å². The van der Waals surface area contributed by atoms with Gasteiger partial charge in [0.15, 0.2) is 5.13 Å². The minimum atomic E-state index is -4.69. The summed E-state index contributed by atoms with van der Waals surface area (Å²) in [4.78, 5) is 17.1. The molecule has 1 aromatic carbocycles. The maximum Gasteiger partial charge on any atom is 0.406 e. The van der Waals surface area contributed by atoms with Crippen molar-refractivity contribution in [3.63, 3.8) is 0 Å². The molecule has 0 unspecified atom stereocenters. The van der Waals surface area contributed by atoms with E-state index < -0.39 is 28.7 Å². The standard InChI is InChI=1S/C17H19ClF3N3O3S2/c1-4-23(5-2)29(26,27)12-6-7-14(18)13(8-12)15(25)24(10-17(19,20)21)16-22-11(3)9-28-16/h6-9H,4-5,10H2,1-3H3. The molecule has 0 spiro atoms. The second-order valence-corrected chi connectivity index (χ2v) is 9.19. The number of sulfonamides is 1. The number of aryl methyl sites for hydroxylation is 1. The molecular weight excluding hydrogens is 451 g/mol. The highest BCUT2D eigenvalue weighted by Crippen LogP contribution is 2.30. The number of aromatic nitrogens is 1. The third kappa shape index (κ3) is 5.47. The maximum atomic E-state index is 13.1. The zero-order chi connectivity index (χ0) is 22.0. The number of anilines is 1. The van der Waals surface area contributed by atoms with Gasteiger partial charge in [-0.25, -0.2) is 13.4 Å². The van der Waals surface area contributed by atoms with Crippen LogP contribution in [0.4, 0.5) is 18.3 Å². The summed E-state index contributed by atoms with van der Waals surface area (Å²) in [5.41, 5.74) is 0.103. The SMILES string of the molecule is CCN(CC)S(=O)(=O)c1ccc(Cl)c(C(=O)N(CC(F)(F)F)c2nc(C)cs2)c1. The number of hydrogen-bond acceptors (Lipinski definition) is 5. The fourth-order valence-electron chi connectivity index (χ4n) is 2.56. The lowest BCUT2D eigenvalue weighted by Crippen LogP contribution is -2.39. The van der Waals surface area contributed by atoms with Crippen LogP contribution in [0.15, 0.2) is 28.5 Å². The molecule has 0 fully saturated rings. The summed E-state index contributed by atoms with van der Waals surface area (Å²) in [5.74, 6) is -1.08. The highest BCUT2D eigenvalue weighted by atomic mass is 35.5. The molecule has 0 aliphatic heterocycles. The highest BCUT2D eigenvalue weighted by molar-refractivity contribution is 7.89. The molecule has 0 N–H and O–H groups in total. The van der Waals surface area contributed by atoms with Crippen LogP contribution in [-0.2, 0) is 10.0 Å². The summed E-state index contributed by atoms with van der Waals surface area (Å²) in [7, 11) is -3.93. The van der Waals surface area contributed by atoms with Crippen LogP contribution in [0.25, 0.3) is 0 Å². The van der Waals surface area contributed by atoms with Crippen molar-refractivity contribution in [3.05, 3.63) is 39.9 Å². The summed E-state index contributed by atoms with van der Waals surface area (Å²) in [6, 6.07) is 3.40. The van der Waals surface area contributed by atoms with Gasteiger partial charge < -0.3 is 0 Å². The smallest absolute Gasteiger partial charge is 0.275 e. The molecule has 0 bridgehead atoms. The number of hydrogen-bond donors (Lipinski definition) is 0. The van der Waals surface area contributed by atoms with Crippen molar-refractivity contribution in [1.29, 1.82) is 0 Å². The van der Waals surface area contributed by atoms with Crippen molar-refractivity contribution >= 4 is 44.0 Å². The number of amides is 1. The van der Waals surface area contributed by atoms with E-state index in [0.29, 0.717) is 10.6 Å². The first kappa shape index (κ1) is 23.6. The summed E-state index contributed by atoms with van der Waals surface area (Å²) < 4.78 is 65.9. The molecular formula is C17H19ClF3N3O3S2. The van der Waals surface area contributed by atoms with Crippen LogP contribution in [0.2, 0.25) is 5.02 Å². The van der Waals surface area contributed by atoms with Gasteiger partial charge in [0.25, 0.3) is 5.91 Å². The minimum absolute atomic E-state index is 0.155. The quantitative estimate of drug-likeness (QED) is 0.604. The number of halogens is 4. The van der Waals surface area contributed by atoms with Crippen LogP contribution in [0.5, 0.6) is 0 Å². The summed E-state index contributed by atoms with van der Waals surface area (Å²) in [6.45, 7) is 3.70. The number of carbonyl (C=O) groups excluding carboxylic acids is 1. The first-order valence-electron chi connectivity index (χ1n) is 8.51. The van der Waals surface area contributed by atoms with E-state index in [1.165, 1.54) is 21.8 Å². The molecule has 2 aromatic rings. The number of thiazole rings is 1. The van der Waals surface area contributed by atoms with E-state index in [0.717, 1.165) is 17.4 Å². The Bertz CT molecular complexity index is 989. The van der Waals surface area contributed by atoms with Crippen LogP contribution in [0, 0.1) is 6.92 Å². The molecule has 0 atom stereocenters. The molecule has 0 saturated carbocycles. The lowest BCUT2D eigenvalue weighted by molar-refractivity contribution is -0.118. The normalized spacial score (nSPS) is 12.4. The molecule has 1 amide bonds. The van der Waals surface area contributed by atoms with E-state index in [1.54, 1.807) is 20.8 Å². The molecule has 160 valence electrons. The summed E-state index contributed by atoms with van der Waals surface area (Å²) in [5, 5.41) is 1.20. The zero-order valence-electron chi connectivity index (χ0n) is 15.8. The molecule has 0 aliphatic rings. The van der Waals surface area contributed by atoms with Gasteiger partial charge in [-0.05, 0) is 25.1 Å². The number of alkyl halides is 3. The first-order valence-corrected chi connectivity index (χ1v) is 11.2. The van der Waals surface area contributed by atoms with E-state index >= 15 is 0 Å². The van der Waals surface area contributed by atoms with Crippen molar-refractivity contribution in [2.45, 2.75) is 31.8 Å². The average molecular weight is 470 g/mol. The molecule has 2 rings (SSSR count). The van der Waals surface area contributed by atoms with Crippen LogP contribution in [0.3, 0.4) is 0 Å². The van der Waals surface area contributed by atoms with Gasteiger partial charge in [-0.3, -0.25) is 9.69 Å². The number of carbonyl (C=O) groups is 1. The lowest BCUT2D eigenvalue weighted by Gasteiger charge is -2.23. The van der Waals surface area contributed by atoms with Gasteiger partial charge >= 0.3 is 6.18 Å². The van der Waals surface area contributed by atoms with Gasteiger partial charge in [0, 0.05) is 18.5 Å². The minimum Gasteiger partial charge on any atom is -0.275 e. The van der Waals surface area contributed by atoms with Crippen molar-refractivity contribution in [2.75, 3.05) is 24.5 Å². The molecule has 1 heterocycles. The largest absolute Gasteiger partial charge is 0.406 e. The highest BCUT2D eigenvalue weighted by Gasteiger charge is 2.36. The molecule has 6 nitrogen and oxygen atoms in total. The fraction of sp³-hybridized carbons (Fsp3) is 0.412. The molecule has 1 aromatic heterocycles. The Morgan fingerprint density at radius 2 is 1.86 bits per heavy atom. The molecule has 29 heavy (non-hydrogen) atoms.